The van der Waals surface area contributed by atoms with Crippen LogP contribution in [0.1, 0.15) is 11.3 Å². The number of carbonyl (C=O) groups excluding carboxylic acids is 1. The van der Waals surface area contributed by atoms with Crippen LogP contribution in [0.3, 0.4) is 0 Å². The number of amides is 2. The fourth-order valence-corrected chi connectivity index (χ4v) is 4.45. The van der Waals surface area contributed by atoms with E-state index in [0.717, 1.165) is 28.0 Å². The molecule has 2 aromatic heterocycles. The van der Waals surface area contributed by atoms with Gasteiger partial charge in [-0.1, -0.05) is 54.1 Å². The average molecular weight is 449 g/mol. The molecule has 0 saturated carbocycles. The van der Waals surface area contributed by atoms with Crippen molar-refractivity contribution in [2.45, 2.75) is 13.5 Å². The second-order valence-electron chi connectivity index (χ2n) is 8.19. The number of benzene rings is 2. The quantitative estimate of drug-likeness (QED) is 0.471. The number of urea groups is 1. The lowest BCUT2D eigenvalue weighted by Crippen LogP contribution is -2.52. The van der Waals surface area contributed by atoms with Gasteiger partial charge in [0.15, 0.2) is 5.65 Å². The highest BCUT2D eigenvalue weighted by molar-refractivity contribution is 6.34. The normalized spacial score (nSPS) is 14.3. The molecule has 32 heavy (non-hydrogen) atoms. The number of carbonyl (C=O) groups is 1. The predicted octanol–water partition coefficient (Wildman–Crippen LogP) is 4.22. The summed E-state index contributed by atoms with van der Waals surface area (Å²) in [5, 5.41) is 6.17. The Kier molecular flexibility index (Phi) is 5.35. The van der Waals surface area contributed by atoms with Crippen LogP contribution in [-0.2, 0) is 6.54 Å². The molecule has 1 fully saturated rings. The summed E-state index contributed by atoms with van der Waals surface area (Å²) in [7, 11) is 1.86. The molecule has 0 atom stereocenters. The number of piperazine rings is 1. The summed E-state index contributed by atoms with van der Waals surface area (Å²) in [5.74, 6) is 0.889. The molecule has 3 heterocycles. The van der Waals surface area contributed by atoms with Gasteiger partial charge in [-0.25, -0.2) is 14.3 Å². The number of hydrogen-bond acceptors (Lipinski definition) is 4. The van der Waals surface area contributed by atoms with E-state index in [1.165, 1.54) is 0 Å². The average Bonchev–Trinajstić information content (AvgIpc) is 3.12. The first-order valence-corrected chi connectivity index (χ1v) is 11.1. The summed E-state index contributed by atoms with van der Waals surface area (Å²) in [6.07, 6.45) is 0. The van der Waals surface area contributed by atoms with Crippen LogP contribution in [-0.4, -0.2) is 63.7 Å². The van der Waals surface area contributed by atoms with Crippen LogP contribution in [0, 0.1) is 6.92 Å². The van der Waals surface area contributed by atoms with Gasteiger partial charge in [0.1, 0.15) is 10.8 Å². The maximum Gasteiger partial charge on any atom is 0.320 e. The highest BCUT2D eigenvalue weighted by Crippen LogP contribution is 2.30. The summed E-state index contributed by atoms with van der Waals surface area (Å²) in [4.78, 5) is 23.8. The first kappa shape index (κ1) is 20.6. The van der Waals surface area contributed by atoms with Crippen molar-refractivity contribution in [2.24, 2.45) is 0 Å². The predicted molar refractivity (Wildman–Crippen MR) is 127 cm³/mol. The van der Waals surface area contributed by atoms with Gasteiger partial charge >= 0.3 is 6.03 Å². The molecule has 2 aromatic carbocycles. The topological polar surface area (TPSA) is 57.0 Å². The zero-order valence-corrected chi connectivity index (χ0v) is 19.0. The lowest BCUT2D eigenvalue weighted by Gasteiger charge is -2.37. The van der Waals surface area contributed by atoms with Crippen molar-refractivity contribution in [3.05, 3.63) is 70.9 Å². The van der Waals surface area contributed by atoms with Gasteiger partial charge in [0.05, 0.1) is 11.2 Å². The third kappa shape index (κ3) is 3.62. The number of nitrogens with zero attached hydrogens (tertiary/aromatic N) is 6. The van der Waals surface area contributed by atoms with Gasteiger partial charge in [0, 0.05) is 45.2 Å². The molecule has 0 spiro atoms. The SMILES string of the molecule is Cc1nn2c(nc(N3CCN(C(=O)N(C)Cc4ccccc4)CC3)c3ccccc32)c1Cl. The number of anilines is 1. The van der Waals surface area contributed by atoms with Crippen molar-refractivity contribution >= 4 is 40.0 Å². The van der Waals surface area contributed by atoms with Crippen LogP contribution in [0.25, 0.3) is 16.6 Å². The molecule has 0 aliphatic carbocycles. The number of rotatable bonds is 3. The fourth-order valence-electron chi connectivity index (χ4n) is 4.29. The van der Waals surface area contributed by atoms with Crippen LogP contribution >= 0.6 is 11.6 Å². The highest BCUT2D eigenvalue weighted by atomic mass is 35.5. The van der Waals surface area contributed by atoms with Crippen molar-refractivity contribution in [2.75, 3.05) is 38.1 Å². The maximum absolute atomic E-state index is 13.0. The van der Waals surface area contributed by atoms with Crippen LogP contribution in [0.5, 0.6) is 0 Å². The van der Waals surface area contributed by atoms with E-state index in [0.29, 0.717) is 43.4 Å². The van der Waals surface area contributed by atoms with E-state index in [1.807, 2.05) is 71.9 Å². The van der Waals surface area contributed by atoms with E-state index in [-0.39, 0.29) is 6.03 Å². The van der Waals surface area contributed by atoms with E-state index < -0.39 is 0 Å². The Bertz CT molecular complexity index is 1280. The second kappa shape index (κ2) is 8.31. The summed E-state index contributed by atoms with van der Waals surface area (Å²) in [6.45, 7) is 5.20. The van der Waals surface area contributed by atoms with Gasteiger partial charge in [-0.15, -0.1) is 0 Å². The second-order valence-corrected chi connectivity index (χ2v) is 8.56. The fraction of sp³-hybridized carbons (Fsp3) is 0.292. The Labute approximate surface area is 191 Å². The van der Waals surface area contributed by atoms with E-state index in [4.69, 9.17) is 16.6 Å². The Morgan fingerprint density at radius 3 is 2.47 bits per heavy atom. The van der Waals surface area contributed by atoms with E-state index >= 15 is 0 Å². The molecular weight excluding hydrogens is 424 g/mol. The van der Waals surface area contributed by atoms with Crippen LogP contribution in [0.15, 0.2) is 54.6 Å². The minimum absolute atomic E-state index is 0.0521. The van der Waals surface area contributed by atoms with E-state index in [2.05, 4.69) is 16.1 Å². The number of halogens is 1. The zero-order chi connectivity index (χ0) is 22.2. The smallest absolute Gasteiger partial charge is 0.320 e. The maximum atomic E-state index is 13.0. The first-order chi connectivity index (χ1) is 15.5. The Morgan fingerprint density at radius 2 is 1.72 bits per heavy atom. The van der Waals surface area contributed by atoms with E-state index in [9.17, 15) is 4.79 Å². The highest BCUT2D eigenvalue weighted by Gasteiger charge is 2.26. The molecule has 0 N–H and O–H groups in total. The lowest BCUT2D eigenvalue weighted by molar-refractivity contribution is 0.157. The third-order valence-electron chi connectivity index (χ3n) is 5.99. The number of fused-ring (bicyclic) bond motifs is 3. The molecule has 164 valence electrons. The first-order valence-electron chi connectivity index (χ1n) is 10.8. The molecule has 1 aliphatic rings. The van der Waals surface area contributed by atoms with Gasteiger partial charge in [-0.05, 0) is 24.6 Å². The molecule has 4 aromatic rings. The Hall–Kier alpha value is -3.32. The summed E-state index contributed by atoms with van der Waals surface area (Å²) >= 11 is 6.50. The van der Waals surface area contributed by atoms with Crippen molar-refractivity contribution in [3.8, 4) is 0 Å². The van der Waals surface area contributed by atoms with Crippen molar-refractivity contribution < 1.29 is 4.79 Å². The minimum Gasteiger partial charge on any atom is -0.352 e. The molecule has 1 saturated heterocycles. The summed E-state index contributed by atoms with van der Waals surface area (Å²) < 4.78 is 1.81. The molecule has 5 rings (SSSR count). The zero-order valence-electron chi connectivity index (χ0n) is 18.2. The Morgan fingerprint density at radius 1 is 1.03 bits per heavy atom. The van der Waals surface area contributed by atoms with Gasteiger partial charge in [-0.3, -0.25) is 0 Å². The van der Waals surface area contributed by atoms with Gasteiger partial charge in [0.2, 0.25) is 0 Å². The third-order valence-corrected chi connectivity index (χ3v) is 6.43. The molecule has 8 heteroatoms. The van der Waals surface area contributed by atoms with Crippen LogP contribution < -0.4 is 4.90 Å². The minimum atomic E-state index is 0.0521. The molecular formula is C24H25ClN6O. The molecule has 7 nitrogen and oxygen atoms in total. The number of hydrogen-bond donors (Lipinski definition) is 0. The summed E-state index contributed by atoms with van der Waals surface area (Å²) in [5.41, 5.74) is 3.53. The molecule has 0 bridgehead atoms. The van der Waals surface area contributed by atoms with Gasteiger partial charge < -0.3 is 14.7 Å². The van der Waals surface area contributed by atoms with E-state index in [1.54, 1.807) is 4.90 Å². The number of aromatic nitrogens is 3. The molecule has 2 amide bonds. The van der Waals surface area contributed by atoms with Gasteiger partial charge in [0.25, 0.3) is 0 Å². The standard InChI is InChI=1S/C24H25ClN6O/c1-17-21(25)23-26-22(19-10-6-7-11-20(19)31(23)27-17)29-12-14-30(15-13-29)24(32)28(2)16-18-8-4-3-5-9-18/h3-11H,12-16H2,1-2H3. The largest absolute Gasteiger partial charge is 0.352 e. The van der Waals surface area contributed by atoms with Crippen molar-refractivity contribution in [1.82, 2.24) is 24.4 Å². The molecule has 0 radical (unpaired) electrons. The van der Waals surface area contributed by atoms with Crippen LogP contribution in [0.2, 0.25) is 5.02 Å². The van der Waals surface area contributed by atoms with Crippen LogP contribution in [0.4, 0.5) is 10.6 Å². The molecule has 1 aliphatic heterocycles. The van der Waals surface area contributed by atoms with Crippen molar-refractivity contribution in [3.63, 3.8) is 0 Å². The number of aryl methyl sites for hydroxylation is 1. The Balaban J connectivity index is 1.36. The van der Waals surface area contributed by atoms with Gasteiger partial charge in [-0.2, -0.15) is 5.10 Å². The molecule has 0 unspecified atom stereocenters. The monoisotopic (exact) mass is 448 g/mol. The summed E-state index contributed by atoms with van der Waals surface area (Å²) in [6, 6.07) is 18.2. The van der Waals surface area contributed by atoms with Crippen molar-refractivity contribution in [1.29, 1.82) is 0 Å². The number of para-hydroxylation sites is 1. The lowest BCUT2D eigenvalue weighted by atomic mass is 10.2.